The summed E-state index contributed by atoms with van der Waals surface area (Å²) in [5, 5.41) is 12.3. The molecule has 2 rings (SSSR count). The van der Waals surface area contributed by atoms with Crippen LogP contribution in [0.15, 0.2) is 41.4 Å². The average Bonchev–Trinajstić information content (AvgIpc) is 2.85. The lowest BCUT2D eigenvalue weighted by atomic mass is 10.2. The fraction of sp³-hybridized carbons (Fsp3) is 0.167. The summed E-state index contributed by atoms with van der Waals surface area (Å²) in [4.78, 5) is 15.7. The first-order valence-electron chi connectivity index (χ1n) is 5.39. The number of carbonyl (C=O) groups is 1. The maximum atomic E-state index is 11.8. The third-order valence-electron chi connectivity index (χ3n) is 2.42. The zero-order valence-electron chi connectivity index (χ0n) is 9.51. The highest BCUT2D eigenvalue weighted by atomic mass is 79.9. The predicted molar refractivity (Wildman–Crippen MR) is 70.4 cm³/mol. The summed E-state index contributed by atoms with van der Waals surface area (Å²) in [6.07, 6.45) is 5.21. The minimum atomic E-state index is -0.210. The Labute approximate surface area is 113 Å². The van der Waals surface area contributed by atoms with E-state index in [-0.39, 0.29) is 11.7 Å². The molecular formula is C12H12BrN3O2. The second-order valence-electron chi connectivity index (χ2n) is 3.72. The highest BCUT2D eigenvalue weighted by molar-refractivity contribution is 9.10. The molecule has 94 valence electrons. The molecule has 0 bridgehead atoms. The molecule has 2 N–H and O–H groups in total. The molecule has 1 aromatic heterocycles. The summed E-state index contributed by atoms with van der Waals surface area (Å²) >= 11 is 3.17. The number of imidazole rings is 1. The molecule has 5 nitrogen and oxygen atoms in total. The van der Waals surface area contributed by atoms with Crippen LogP contribution in [0.3, 0.4) is 0 Å². The van der Waals surface area contributed by atoms with Crippen LogP contribution in [0.2, 0.25) is 0 Å². The average molecular weight is 310 g/mol. The molecule has 0 fully saturated rings. The van der Waals surface area contributed by atoms with E-state index < -0.39 is 0 Å². The van der Waals surface area contributed by atoms with E-state index in [1.165, 1.54) is 6.07 Å². The van der Waals surface area contributed by atoms with Crippen LogP contribution in [0, 0.1) is 0 Å². The Hall–Kier alpha value is -1.82. The summed E-state index contributed by atoms with van der Waals surface area (Å²) in [6, 6.07) is 4.72. The van der Waals surface area contributed by atoms with E-state index in [1.54, 1.807) is 24.7 Å². The number of aromatic nitrogens is 2. The number of rotatable bonds is 4. The molecule has 1 heterocycles. The number of nitrogens with zero attached hydrogens (tertiary/aromatic N) is 2. The van der Waals surface area contributed by atoms with Crippen molar-refractivity contribution in [3.8, 4) is 5.75 Å². The first-order chi connectivity index (χ1) is 8.66. The van der Waals surface area contributed by atoms with Crippen molar-refractivity contribution in [2.24, 2.45) is 0 Å². The van der Waals surface area contributed by atoms with Crippen LogP contribution in [-0.2, 0) is 6.54 Å². The Morgan fingerprint density at radius 1 is 1.50 bits per heavy atom. The molecule has 0 aliphatic rings. The second kappa shape index (κ2) is 5.68. The first kappa shape index (κ1) is 12.6. The lowest BCUT2D eigenvalue weighted by Crippen LogP contribution is -2.26. The van der Waals surface area contributed by atoms with Crippen LogP contribution in [0.25, 0.3) is 0 Å². The molecule has 0 unspecified atom stereocenters. The van der Waals surface area contributed by atoms with Crippen molar-refractivity contribution in [1.29, 1.82) is 0 Å². The molecule has 0 saturated heterocycles. The van der Waals surface area contributed by atoms with Gasteiger partial charge in [-0.3, -0.25) is 4.79 Å². The number of hydrogen-bond donors (Lipinski definition) is 2. The maximum Gasteiger partial charge on any atom is 0.251 e. The van der Waals surface area contributed by atoms with E-state index in [0.717, 1.165) is 0 Å². The second-order valence-corrected chi connectivity index (χ2v) is 4.58. The fourth-order valence-electron chi connectivity index (χ4n) is 1.47. The molecule has 0 atom stereocenters. The summed E-state index contributed by atoms with van der Waals surface area (Å²) < 4.78 is 2.44. The summed E-state index contributed by atoms with van der Waals surface area (Å²) in [6.45, 7) is 1.17. The van der Waals surface area contributed by atoms with Gasteiger partial charge in [0.2, 0.25) is 0 Å². The first-order valence-corrected chi connectivity index (χ1v) is 6.18. The van der Waals surface area contributed by atoms with Crippen LogP contribution >= 0.6 is 15.9 Å². The Balaban J connectivity index is 1.89. The van der Waals surface area contributed by atoms with Crippen molar-refractivity contribution in [3.05, 3.63) is 47.0 Å². The molecule has 0 aliphatic carbocycles. The standard InChI is InChI=1S/C12H12BrN3O2/c13-10-2-1-9(7-11(10)17)12(18)15-4-6-16-5-3-14-8-16/h1-3,5,7-8,17H,4,6H2,(H,15,18). The summed E-state index contributed by atoms with van der Waals surface area (Å²) in [5.74, 6) is -0.157. The molecule has 2 aromatic rings. The lowest BCUT2D eigenvalue weighted by Gasteiger charge is -2.06. The molecule has 0 saturated carbocycles. The van der Waals surface area contributed by atoms with Gasteiger partial charge in [0.25, 0.3) is 5.91 Å². The molecule has 6 heteroatoms. The number of aromatic hydroxyl groups is 1. The number of hydrogen-bond acceptors (Lipinski definition) is 3. The fourth-order valence-corrected chi connectivity index (χ4v) is 1.72. The van der Waals surface area contributed by atoms with Gasteiger partial charge in [0.1, 0.15) is 5.75 Å². The van der Waals surface area contributed by atoms with E-state index in [9.17, 15) is 9.90 Å². The molecule has 0 radical (unpaired) electrons. The van der Waals surface area contributed by atoms with E-state index in [4.69, 9.17) is 0 Å². The summed E-state index contributed by atoms with van der Waals surface area (Å²) in [7, 11) is 0. The van der Waals surface area contributed by atoms with Gasteiger partial charge >= 0.3 is 0 Å². The molecular weight excluding hydrogens is 298 g/mol. The SMILES string of the molecule is O=C(NCCn1ccnc1)c1ccc(Br)c(O)c1. The van der Waals surface area contributed by atoms with Gasteiger partial charge in [0.15, 0.2) is 0 Å². The van der Waals surface area contributed by atoms with Crippen molar-refractivity contribution < 1.29 is 9.90 Å². The maximum absolute atomic E-state index is 11.8. The minimum absolute atomic E-state index is 0.0530. The molecule has 0 aliphatic heterocycles. The van der Waals surface area contributed by atoms with E-state index >= 15 is 0 Å². The molecule has 1 aromatic carbocycles. The van der Waals surface area contributed by atoms with Gasteiger partial charge in [0, 0.05) is 31.0 Å². The third kappa shape index (κ3) is 3.10. The van der Waals surface area contributed by atoms with Gasteiger partial charge in [-0.25, -0.2) is 4.98 Å². The Morgan fingerprint density at radius 3 is 3.00 bits per heavy atom. The summed E-state index contributed by atoms with van der Waals surface area (Å²) in [5.41, 5.74) is 0.432. The van der Waals surface area contributed by atoms with Gasteiger partial charge in [-0.15, -0.1) is 0 Å². The van der Waals surface area contributed by atoms with Gasteiger partial charge in [-0.05, 0) is 34.1 Å². The number of halogens is 1. The van der Waals surface area contributed by atoms with Gasteiger partial charge in [0.05, 0.1) is 10.8 Å². The predicted octanol–water partition coefficient (Wildman–Crippen LogP) is 1.78. The largest absolute Gasteiger partial charge is 0.507 e. The third-order valence-corrected chi connectivity index (χ3v) is 3.09. The number of phenolic OH excluding ortho intramolecular Hbond substituents is 1. The van der Waals surface area contributed by atoms with E-state index in [2.05, 4.69) is 26.2 Å². The monoisotopic (exact) mass is 309 g/mol. The Kier molecular flexibility index (Phi) is 3.99. The van der Waals surface area contributed by atoms with E-state index in [0.29, 0.717) is 23.1 Å². The van der Waals surface area contributed by atoms with Crippen LogP contribution in [-0.4, -0.2) is 27.1 Å². The Morgan fingerprint density at radius 2 is 2.33 bits per heavy atom. The minimum Gasteiger partial charge on any atom is -0.507 e. The number of phenols is 1. The Bertz CT molecular complexity index is 540. The van der Waals surface area contributed by atoms with Gasteiger partial charge in [-0.2, -0.15) is 0 Å². The molecule has 0 spiro atoms. The lowest BCUT2D eigenvalue weighted by molar-refractivity contribution is 0.0952. The van der Waals surface area contributed by atoms with Crippen molar-refractivity contribution in [3.63, 3.8) is 0 Å². The van der Waals surface area contributed by atoms with Crippen molar-refractivity contribution in [1.82, 2.24) is 14.9 Å². The zero-order chi connectivity index (χ0) is 13.0. The van der Waals surface area contributed by atoms with Crippen LogP contribution in [0.1, 0.15) is 10.4 Å². The topological polar surface area (TPSA) is 67.2 Å². The zero-order valence-corrected chi connectivity index (χ0v) is 11.1. The number of amides is 1. The van der Waals surface area contributed by atoms with Gasteiger partial charge in [-0.1, -0.05) is 0 Å². The van der Waals surface area contributed by atoms with Crippen LogP contribution < -0.4 is 5.32 Å². The van der Waals surface area contributed by atoms with Crippen molar-refractivity contribution >= 4 is 21.8 Å². The van der Waals surface area contributed by atoms with E-state index in [1.807, 2.05) is 10.8 Å². The number of carbonyl (C=O) groups excluding carboxylic acids is 1. The number of nitrogens with one attached hydrogen (secondary N) is 1. The van der Waals surface area contributed by atoms with Crippen LogP contribution in [0.4, 0.5) is 0 Å². The molecule has 1 amide bonds. The smallest absolute Gasteiger partial charge is 0.251 e. The van der Waals surface area contributed by atoms with Crippen molar-refractivity contribution in [2.75, 3.05) is 6.54 Å². The number of benzene rings is 1. The highest BCUT2D eigenvalue weighted by Crippen LogP contribution is 2.24. The normalized spacial score (nSPS) is 10.3. The quantitative estimate of drug-likeness (QED) is 0.904. The molecule has 18 heavy (non-hydrogen) atoms. The van der Waals surface area contributed by atoms with Crippen molar-refractivity contribution in [2.45, 2.75) is 6.54 Å². The van der Waals surface area contributed by atoms with Gasteiger partial charge < -0.3 is 15.0 Å². The van der Waals surface area contributed by atoms with Crippen LogP contribution in [0.5, 0.6) is 5.75 Å². The highest BCUT2D eigenvalue weighted by Gasteiger charge is 2.07.